The van der Waals surface area contributed by atoms with Crippen molar-refractivity contribution in [3.8, 4) is 5.75 Å². The maximum Gasteiger partial charge on any atom is 0.124 e. The molecule has 0 N–H and O–H groups in total. The Labute approximate surface area is 196 Å². The molecule has 1 aliphatic heterocycles. The van der Waals surface area contributed by atoms with Gasteiger partial charge in [0, 0.05) is 18.7 Å². The van der Waals surface area contributed by atoms with Crippen molar-refractivity contribution in [3.63, 3.8) is 0 Å². The van der Waals surface area contributed by atoms with Crippen molar-refractivity contribution >= 4 is 22.6 Å². The number of piperidine rings is 1. The van der Waals surface area contributed by atoms with Gasteiger partial charge in [-0.1, -0.05) is 37.6 Å². The van der Waals surface area contributed by atoms with E-state index in [0.29, 0.717) is 18.4 Å². The van der Waals surface area contributed by atoms with Gasteiger partial charge in [0.1, 0.15) is 11.6 Å². The third kappa shape index (κ3) is 5.45. The second-order valence-corrected chi connectivity index (χ2v) is 9.54. The SMILES string of the molecule is COCCn1c(CN2CCC(c3cc(Cl)ccc3OCC(C)C)CC2)nc2ccccc21. The van der Waals surface area contributed by atoms with Crippen LogP contribution in [0.1, 0.15) is 44.0 Å². The van der Waals surface area contributed by atoms with Crippen LogP contribution in [-0.2, 0) is 17.8 Å². The number of likely N-dealkylation sites (tertiary alicyclic amines) is 1. The summed E-state index contributed by atoms with van der Waals surface area (Å²) in [6.45, 7) is 9.51. The molecule has 0 bridgehead atoms. The van der Waals surface area contributed by atoms with Crippen molar-refractivity contribution in [1.29, 1.82) is 0 Å². The summed E-state index contributed by atoms with van der Waals surface area (Å²) in [6.07, 6.45) is 2.19. The van der Waals surface area contributed by atoms with Gasteiger partial charge in [0.25, 0.3) is 0 Å². The summed E-state index contributed by atoms with van der Waals surface area (Å²) >= 11 is 6.35. The Hall–Kier alpha value is -2.08. The van der Waals surface area contributed by atoms with Crippen LogP contribution >= 0.6 is 11.6 Å². The normalized spacial score (nSPS) is 15.7. The van der Waals surface area contributed by atoms with E-state index in [4.69, 9.17) is 26.1 Å². The molecule has 3 aromatic rings. The molecule has 2 heterocycles. The quantitative estimate of drug-likeness (QED) is 0.411. The molecule has 4 rings (SSSR count). The second-order valence-electron chi connectivity index (χ2n) is 9.10. The molecule has 32 heavy (non-hydrogen) atoms. The van der Waals surface area contributed by atoms with E-state index in [9.17, 15) is 0 Å². The third-order valence-electron chi connectivity index (χ3n) is 6.19. The first-order valence-corrected chi connectivity index (χ1v) is 12.0. The number of aromatic nitrogens is 2. The van der Waals surface area contributed by atoms with Crippen LogP contribution in [0.3, 0.4) is 0 Å². The van der Waals surface area contributed by atoms with E-state index < -0.39 is 0 Å². The maximum absolute atomic E-state index is 6.35. The van der Waals surface area contributed by atoms with Gasteiger partial charge in [0.2, 0.25) is 0 Å². The standard InChI is InChI=1S/C26H34ClN3O2/c1-19(2)18-32-25-9-8-21(27)16-22(25)20-10-12-29(13-11-20)17-26-28-23-6-4-5-7-24(23)30(26)14-15-31-3/h4-9,16,19-20H,10-15,17-18H2,1-3H3. The molecule has 0 spiro atoms. The predicted octanol–water partition coefficient (Wildman–Crippen LogP) is 5.75. The highest BCUT2D eigenvalue weighted by molar-refractivity contribution is 6.30. The van der Waals surface area contributed by atoms with Gasteiger partial charge in [-0.2, -0.15) is 0 Å². The average Bonchev–Trinajstić information content (AvgIpc) is 3.14. The van der Waals surface area contributed by atoms with Crippen molar-refractivity contribution in [2.45, 2.75) is 45.7 Å². The molecule has 5 nitrogen and oxygen atoms in total. The molecule has 1 saturated heterocycles. The minimum Gasteiger partial charge on any atom is -0.493 e. The van der Waals surface area contributed by atoms with Crippen LogP contribution in [0.15, 0.2) is 42.5 Å². The molecule has 0 radical (unpaired) electrons. The predicted molar refractivity (Wildman–Crippen MR) is 131 cm³/mol. The Balaban J connectivity index is 1.44. The highest BCUT2D eigenvalue weighted by Gasteiger charge is 2.25. The molecule has 1 aromatic heterocycles. The second kappa shape index (κ2) is 10.7. The van der Waals surface area contributed by atoms with Crippen LogP contribution in [0.25, 0.3) is 11.0 Å². The van der Waals surface area contributed by atoms with Gasteiger partial charge in [0.05, 0.1) is 30.8 Å². The van der Waals surface area contributed by atoms with Crippen molar-refractivity contribution in [3.05, 3.63) is 58.9 Å². The molecule has 0 atom stereocenters. The van der Waals surface area contributed by atoms with Gasteiger partial charge in [-0.3, -0.25) is 4.90 Å². The monoisotopic (exact) mass is 455 g/mol. The van der Waals surface area contributed by atoms with Crippen molar-refractivity contribution in [1.82, 2.24) is 14.5 Å². The highest BCUT2D eigenvalue weighted by atomic mass is 35.5. The first kappa shape index (κ1) is 23.1. The lowest BCUT2D eigenvalue weighted by molar-refractivity contribution is 0.178. The summed E-state index contributed by atoms with van der Waals surface area (Å²) in [6, 6.07) is 14.4. The zero-order valence-electron chi connectivity index (χ0n) is 19.4. The molecular formula is C26H34ClN3O2. The number of hydrogen-bond donors (Lipinski definition) is 0. The zero-order chi connectivity index (χ0) is 22.5. The summed E-state index contributed by atoms with van der Waals surface area (Å²) in [5.41, 5.74) is 3.49. The molecule has 0 saturated carbocycles. The van der Waals surface area contributed by atoms with Crippen LogP contribution in [0.2, 0.25) is 5.02 Å². The Morgan fingerprint density at radius 1 is 1.12 bits per heavy atom. The summed E-state index contributed by atoms with van der Waals surface area (Å²) in [7, 11) is 1.75. The highest BCUT2D eigenvalue weighted by Crippen LogP contribution is 2.36. The van der Waals surface area contributed by atoms with Crippen molar-refractivity contribution in [2.24, 2.45) is 5.92 Å². The first-order chi connectivity index (χ1) is 15.5. The lowest BCUT2D eigenvalue weighted by atomic mass is 9.88. The average molecular weight is 456 g/mol. The van der Waals surface area contributed by atoms with Crippen molar-refractivity contribution in [2.75, 3.05) is 33.4 Å². The molecule has 1 fully saturated rings. The van der Waals surface area contributed by atoms with Crippen LogP contribution in [0.5, 0.6) is 5.75 Å². The number of ether oxygens (including phenoxy) is 2. The van der Waals surface area contributed by atoms with Gasteiger partial charge >= 0.3 is 0 Å². The number of fused-ring (bicyclic) bond motifs is 1. The number of benzene rings is 2. The van der Waals surface area contributed by atoms with Gasteiger partial charge in [-0.25, -0.2) is 4.98 Å². The van der Waals surface area contributed by atoms with E-state index in [1.54, 1.807) is 7.11 Å². The molecule has 0 aliphatic carbocycles. The van der Waals surface area contributed by atoms with Gasteiger partial charge < -0.3 is 14.0 Å². The van der Waals surface area contributed by atoms with E-state index in [1.807, 2.05) is 12.1 Å². The third-order valence-corrected chi connectivity index (χ3v) is 6.42. The van der Waals surface area contributed by atoms with Gasteiger partial charge in [0.15, 0.2) is 0 Å². The fourth-order valence-electron chi connectivity index (χ4n) is 4.51. The minimum atomic E-state index is 0.472. The van der Waals surface area contributed by atoms with Gasteiger partial charge in [-0.15, -0.1) is 0 Å². The molecule has 172 valence electrons. The Morgan fingerprint density at radius 3 is 2.66 bits per heavy atom. The molecular weight excluding hydrogens is 422 g/mol. The summed E-state index contributed by atoms with van der Waals surface area (Å²) in [5.74, 6) is 3.07. The van der Waals surface area contributed by atoms with Crippen LogP contribution < -0.4 is 4.74 Å². The topological polar surface area (TPSA) is 39.5 Å². The minimum absolute atomic E-state index is 0.472. The largest absolute Gasteiger partial charge is 0.493 e. The Bertz CT molecular complexity index is 1030. The lowest BCUT2D eigenvalue weighted by Gasteiger charge is -2.32. The molecule has 1 aliphatic rings. The number of para-hydroxylation sites is 2. The van der Waals surface area contributed by atoms with Crippen LogP contribution in [0, 0.1) is 5.92 Å². The molecule has 0 amide bonds. The molecule has 2 aromatic carbocycles. The number of nitrogens with zero attached hydrogens (tertiary/aromatic N) is 3. The van der Waals surface area contributed by atoms with Crippen LogP contribution in [-0.4, -0.2) is 47.9 Å². The summed E-state index contributed by atoms with van der Waals surface area (Å²) in [5, 5.41) is 0.784. The van der Waals surface area contributed by atoms with E-state index in [1.165, 1.54) is 11.1 Å². The van der Waals surface area contributed by atoms with Crippen molar-refractivity contribution < 1.29 is 9.47 Å². The van der Waals surface area contributed by atoms with E-state index in [-0.39, 0.29) is 0 Å². The first-order valence-electron chi connectivity index (χ1n) is 11.6. The Morgan fingerprint density at radius 2 is 1.91 bits per heavy atom. The number of hydrogen-bond acceptors (Lipinski definition) is 4. The van der Waals surface area contributed by atoms with Crippen LogP contribution in [0.4, 0.5) is 0 Å². The van der Waals surface area contributed by atoms with E-state index in [2.05, 4.69) is 53.6 Å². The number of halogens is 1. The molecule has 0 unspecified atom stereocenters. The summed E-state index contributed by atoms with van der Waals surface area (Å²) in [4.78, 5) is 7.45. The number of methoxy groups -OCH3 is 1. The fraction of sp³-hybridized carbons (Fsp3) is 0.500. The fourth-order valence-corrected chi connectivity index (χ4v) is 4.69. The smallest absolute Gasteiger partial charge is 0.124 e. The summed E-state index contributed by atoms with van der Waals surface area (Å²) < 4.78 is 13.8. The number of imidazole rings is 1. The number of rotatable bonds is 9. The lowest BCUT2D eigenvalue weighted by Crippen LogP contribution is -2.33. The van der Waals surface area contributed by atoms with Gasteiger partial charge in [-0.05, 0) is 73.7 Å². The Kier molecular flexibility index (Phi) is 7.71. The maximum atomic E-state index is 6.35. The van der Waals surface area contributed by atoms with E-state index >= 15 is 0 Å². The molecule has 6 heteroatoms. The zero-order valence-corrected chi connectivity index (χ0v) is 20.1. The van der Waals surface area contributed by atoms with E-state index in [0.717, 1.165) is 67.7 Å².